The standard InChI is InChI=1S/C21H19ClN2O5/c1-13-20(21(26)29-10-9-14-5-3-2-4-6-14)17(12-19(25)23-13)16-11-15(24(27)28)7-8-18(16)22/h2-8,11,17H,9-10,12H2,1H3,(H,23,25)/t17-/m0/s1. The minimum Gasteiger partial charge on any atom is -0.462 e. The zero-order valence-electron chi connectivity index (χ0n) is 15.7. The van der Waals surface area contributed by atoms with Crippen LogP contribution < -0.4 is 5.32 Å². The number of benzene rings is 2. The molecule has 150 valence electrons. The van der Waals surface area contributed by atoms with E-state index in [1.807, 2.05) is 30.3 Å². The van der Waals surface area contributed by atoms with Crippen molar-refractivity contribution in [2.75, 3.05) is 6.61 Å². The van der Waals surface area contributed by atoms with Crippen LogP contribution in [0.4, 0.5) is 5.69 Å². The molecule has 0 bridgehead atoms. The molecule has 2 aromatic carbocycles. The van der Waals surface area contributed by atoms with E-state index in [-0.39, 0.29) is 35.2 Å². The lowest BCUT2D eigenvalue weighted by Crippen LogP contribution is -2.34. The number of allylic oxidation sites excluding steroid dienone is 1. The molecule has 1 N–H and O–H groups in total. The number of hydrogen-bond acceptors (Lipinski definition) is 5. The van der Waals surface area contributed by atoms with Gasteiger partial charge in [-0.1, -0.05) is 41.9 Å². The van der Waals surface area contributed by atoms with Crippen LogP contribution >= 0.6 is 11.6 Å². The molecule has 0 fully saturated rings. The van der Waals surface area contributed by atoms with Crippen LogP contribution in [0.1, 0.15) is 30.4 Å². The van der Waals surface area contributed by atoms with E-state index in [1.165, 1.54) is 18.2 Å². The van der Waals surface area contributed by atoms with Gasteiger partial charge in [-0.05, 0) is 24.1 Å². The molecule has 3 rings (SSSR count). The molecule has 0 aliphatic carbocycles. The lowest BCUT2D eigenvalue weighted by molar-refractivity contribution is -0.384. The van der Waals surface area contributed by atoms with E-state index in [9.17, 15) is 19.7 Å². The highest BCUT2D eigenvalue weighted by Crippen LogP contribution is 2.38. The lowest BCUT2D eigenvalue weighted by Gasteiger charge is -2.27. The Labute approximate surface area is 172 Å². The second-order valence-electron chi connectivity index (χ2n) is 6.68. The Morgan fingerprint density at radius 2 is 2.00 bits per heavy atom. The van der Waals surface area contributed by atoms with Gasteiger partial charge in [0.05, 0.1) is 17.1 Å². The van der Waals surface area contributed by atoms with Crippen molar-refractivity contribution in [2.24, 2.45) is 0 Å². The minimum absolute atomic E-state index is 0.0542. The summed E-state index contributed by atoms with van der Waals surface area (Å²) in [6, 6.07) is 13.6. The predicted octanol–water partition coefficient (Wildman–Crippen LogP) is 3.91. The van der Waals surface area contributed by atoms with Crippen LogP contribution in [0.3, 0.4) is 0 Å². The molecule has 1 amide bonds. The van der Waals surface area contributed by atoms with E-state index < -0.39 is 16.8 Å². The van der Waals surface area contributed by atoms with Crippen molar-refractivity contribution in [3.8, 4) is 0 Å². The summed E-state index contributed by atoms with van der Waals surface area (Å²) in [5.41, 5.74) is 1.83. The Hall–Kier alpha value is -3.19. The van der Waals surface area contributed by atoms with Crippen LogP contribution in [0.15, 0.2) is 59.8 Å². The third kappa shape index (κ3) is 4.81. The molecule has 2 aromatic rings. The Kier molecular flexibility index (Phi) is 6.29. The first kappa shape index (κ1) is 20.5. The number of ether oxygens (including phenoxy) is 1. The third-order valence-electron chi connectivity index (χ3n) is 4.72. The number of nitrogens with one attached hydrogen (secondary N) is 1. The molecule has 1 heterocycles. The van der Waals surface area contributed by atoms with E-state index in [1.54, 1.807) is 6.92 Å². The molecular formula is C21H19ClN2O5. The number of non-ortho nitro benzene ring substituents is 1. The van der Waals surface area contributed by atoms with Crippen molar-refractivity contribution >= 4 is 29.2 Å². The van der Waals surface area contributed by atoms with E-state index in [2.05, 4.69) is 5.32 Å². The van der Waals surface area contributed by atoms with Crippen LogP contribution in [0.5, 0.6) is 0 Å². The van der Waals surface area contributed by atoms with Crippen LogP contribution in [0.25, 0.3) is 0 Å². The molecule has 0 aromatic heterocycles. The van der Waals surface area contributed by atoms with Gasteiger partial charge in [-0.15, -0.1) is 0 Å². The average Bonchev–Trinajstić information content (AvgIpc) is 2.68. The maximum Gasteiger partial charge on any atom is 0.336 e. The molecule has 1 atom stereocenters. The maximum absolute atomic E-state index is 12.8. The van der Waals surface area contributed by atoms with Crippen LogP contribution in [-0.4, -0.2) is 23.4 Å². The Morgan fingerprint density at radius 1 is 1.28 bits per heavy atom. The van der Waals surface area contributed by atoms with Crippen molar-refractivity contribution in [1.29, 1.82) is 0 Å². The average molecular weight is 415 g/mol. The fourth-order valence-electron chi connectivity index (χ4n) is 3.33. The highest BCUT2D eigenvalue weighted by molar-refractivity contribution is 6.31. The molecule has 29 heavy (non-hydrogen) atoms. The highest BCUT2D eigenvalue weighted by Gasteiger charge is 2.34. The number of halogens is 1. The van der Waals surface area contributed by atoms with Gasteiger partial charge in [0, 0.05) is 41.6 Å². The normalized spacial score (nSPS) is 16.3. The Morgan fingerprint density at radius 3 is 2.69 bits per heavy atom. The third-order valence-corrected chi connectivity index (χ3v) is 5.07. The molecule has 0 saturated heterocycles. The fraction of sp³-hybridized carbons (Fsp3) is 0.238. The monoisotopic (exact) mass is 414 g/mol. The number of nitro benzene ring substituents is 1. The summed E-state index contributed by atoms with van der Waals surface area (Å²) in [4.78, 5) is 35.5. The fourth-order valence-corrected chi connectivity index (χ4v) is 3.58. The quantitative estimate of drug-likeness (QED) is 0.439. The van der Waals surface area contributed by atoms with Gasteiger partial charge < -0.3 is 10.1 Å². The number of carbonyl (C=O) groups is 2. The van der Waals surface area contributed by atoms with Gasteiger partial charge in [-0.3, -0.25) is 14.9 Å². The van der Waals surface area contributed by atoms with Gasteiger partial charge in [0.1, 0.15) is 0 Å². The smallest absolute Gasteiger partial charge is 0.336 e. The zero-order chi connectivity index (χ0) is 21.0. The first-order valence-electron chi connectivity index (χ1n) is 9.02. The second kappa shape index (κ2) is 8.87. The summed E-state index contributed by atoms with van der Waals surface area (Å²) in [6.07, 6.45) is 0.495. The molecule has 0 unspecified atom stereocenters. The van der Waals surface area contributed by atoms with Gasteiger partial charge in [0.15, 0.2) is 0 Å². The highest BCUT2D eigenvalue weighted by atomic mass is 35.5. The van der Waals surface area contributed by atoms with E-state index in [0.717, 1.165) is 5.56 Å². The first-order valence-corrected chi connectivity index (χ1v) is 9.40. The summed E-state index contributed by atoms with van der Waals surface area (Å²) in [6.45, 7) is 1.77. The number of rotatable bonds is 6. The van der Waals surface area contributed by atoms with Crippen LogP contribution in [0, 0.1) is 10.1 Å². The van der Waals surface area contributed by atoms with E-state index >= 15 is 0 Å². The number of esters is 1. The second-order valence-corrected chi connectivity index (χ2v) is 7.09. The van der Waals surface area contributed by atoms with Gasteiger partial charge in [0.2, 0.25) is 5.91 Å². The molecule has 1 aliphatic rings. The SMILES string of the molecule is CC1=C(C(=O)OCCc2ccccc2)[C@H](c2cc([N+](=O)[O-])ccc2Cl)CC(=O)N1. The van der Waals surface area contributed by atoms with Crippen LogP contribution in [0.2, 0.25) is 5.02 Å². The van der Waals surface area contributed by atoms with Gasteiger partial charge in [-0.25, -0.2) is 4.79 Å². The van der Waals surface area contributed by atoms with Crippen molar-refractivity contribution in [3.63, 3.8) is 0 Å². The van der Waals surface area contributed by atoms with Crippen molar-refractivity contribution in [3.05, 3.63) is 86.1 Å². The summed E-state index contributed by atoms with van der Waals surface area (Å²) in [7, 11) is 0. The first-order chi connectivity index (χ1) is 13.9. The molecule has 0 spiro atoms. The van der Waals surface area contributed by atoms with E-state index in [0.29, 0.717) is 17.7 Å². The van der Waals surface area contributed by atoms with Gasteiger partial charge in [0.25, 0.3) is 5.69 Å². The molecular weight excluding hydrogens is 396 g/mol. The molecule has 0 radical (unpaired) electrons. The van der Waals surface area contributed by atoms with Gasteiger partial charge in [-0.2, -0.15) is 0 Å². The lowest BCUT2D eigenvalue weighted by atomic mass is 9.84. The Bertz CT molecular complexity index is 988. The predicted molar refractivity (Wildman–Crippen MR) is 107 cm³/mol. The van der Waals surface area contributed by atoms with Crippen LogP contribution in [-0.2, 0) is 20.7 Å². The van der Waals surface area contributed by atoms with Gasteiger partial charge >= 0.3 is 5.97 Å². The summed E-state index contributed by atoms with van der Waals surface area (Å²) < 4.78 is 5.44. The number of hydrogen-bond donors (Lipinski definition) is 1. The number of nitrogens with zero attached hydrogens (tertiary/aromatic N) is 1. The topological polar surface area (TPSA) is 98.5 Å². The molecule has 1 aliphatic heterocycles. The molecule has 7 nitrogen and oxygen atoms in total. The zero-order valence-corrected chi connectivity index (χ0v) is 16.4. The van der Waals surface area contributed by atoms with Crippen molar-refractivity contribution in [1.82, 2.24) is 5.32 Å². The maximum atomic E-state index is 12.8. The van der Waals surface area contributed by atoms with E-state index in [4.69, 9.17) is 16.3 Å². The van der Waals surface area contributed by atoms with Crippen molar-refractivity contribution < 1.29 is 19.2 Å². The molecule has 8 heteroatoms. The number of carbonyl (C=O) groups excluding carboxylic acids is 2. The largest absolute Gasteiger partial charge is 0.462 e. The number of nitro groups is 1. The summed E-state index contributed by atoms with van der Waals surface area (Å²) in [5.74, 6) is -1.60. The molecule has 0 saturated carbocycles. The summed E-state index contributed by atoms with van der Waals surface area (Å²) in [5, 5.41) is 14.0. The Balaban J connectivity index is 1.85. The number of amides is 1. The minimum atomic E-state index is -0.722. The van der Waals surface area contributed by atoms with Crippen molar-refractivity contribution in [2.45, 2.75) is 25.7 Å². The summed E-state index contributed by atoms with van der Waals surface area (Å²) >= 11 is 6.26.